The number of hydrogen-bond donors (Lipinski definition) is 2. The summed E-state index contributed by atoms with van der Waals surface area (Å²) in [4.78, 5) is 14.8. The molecule has 1 aliphatic heterocycles. The Morgan fingerprint density at radius 2 is 1.96 bits per heavy atom. The Morgan fingerprint density at radius 1 is 1.19 bits per heavy atom. The maximum Gasteiger partial charge on any atom is 0.228 e. The second-order valence-electron chi connectivity index (χ2n) is 7.02. The van der Waals surface area contributed by atoms with Crippen molar-refractivity contribution < 1.29 is 13.6 Å². The second-order valence-corrected chi connectivity index (χ2v) is 7.02. The molecule has 0 unspecified atom stereocenters. The first-order valence-corrected chi connectivity index (χ1v) is 8.94. The molecular weight excluding hydrogens is 350 g/mol. The Balaban J connectivity index is 1.61. The molecule has 4 rings (SSSR count). The van der Waals surface area contributed by atoms with Crippen molar-refractivity contribution in [2.75, 3.05) is 25.5 Å². The number of amides is 1. The molecule has 0 saturated carbocycles. The minimum atomic E-state index is -0.630. The van der Waals surface area contributed by atoms with E-state index >= 15 is 0 Å². The fraction of sp³-hybridized carbons (Fsp3) is 0.300. The number of aromatic amines is 1. The van der Waals surface area contributed by atoms with E-state index in [0.29, 0.717) is 22.3 Å². The molecule has 1 aliphatic rings. The maximum atomic E-state index is 14.1. The first-order chi connectivity index (χ1) is 13.0. The molecule has 27 heavy (non-hydrogen) atoms. The van der Waals surface area contributed by atoms with E-state index in [1.165, 1.54) is 12.1 Å². The minimum absolute atomic E-state index is 0.0364. The second kappa shape index (κ2) is 7.08. The minimum Gasteiger partial charge on any atom is -0.308 e. The van der Waals surface area contributed by atoms with E-state index in [4.69, 9.17) is 0 Å². The number of anilines is 1. The van der Waals surface area contributed by atoms with E-state index < -0.39 is 11.6 Å². The normalized spacial score (nSPS) is 16.0. The van der Waals surface area contributed by atoms with Gasteiger partial charge in [-0.25, -0.2) is 8.78 Å². The van der Waals surface area contributed by atoms with Gasteiger partial charge in [0.25, 0.3) is 0 Å². The summed E-state index contributed by atoms with van der Waals surface area (Å²) in [5, 5.41) is 10.7. The Bertz CT molecular complexity index is 993. The lowest BCUT2D eigenvalue weighted by Crippen LogP contribution is -2.36. The van der Waals surface area contributed by atoms with Crippen LogP contribution in [0.4, 0.5) is 14.6 Å². The quantitative estimate of drug-likeness (QED) is 0.737. The first-order valence-electron chi connectivity index (χ1n) is 8.94. The van der Waals surface area contributed by atoms with Crippen molar-refractivity contribution in [1.82, 2.24) is 15.1 Å². The number of halogens is 2. The van der Waals surface area contributed by atoms with Crippen LogP contribution in [0.15, 0.2) is 36.4 Å². The lowest BCUT2D eigenvalue weighted by molar-refractivity contribution is -0.121. The van der Waals surface area contributed by atoms with Crippen LogP contribution in [0, 0.1) is 17.6 Å². The molecule has 140 valence electrons. The maximum absolute atomic E-state index is 14.1. The number of piperidine rings is 1. The van der Waals surface area contributed by atoms with Gasteiger partial charge < -0.3 is 10.2 Å². The Kier molecular flexibility index (Phi) is 4.61. The molecule has 0 radical (unpaired) electrons. The van der Waals surface area contributed by atoms with Crippen LogP contribution in [0.1, 0.15) is 12.8 Å². The standard InChI is InChI=1S/C20H20F2N4O/c1-26-8-6-12(7-9-26)20(27)23-19-16-10-13(2-5-18(16)24-25-19)15-4-3-14(21)11-17(15)22/h2-5,10-12H,6-9H2,1H3,(H2,23,24,25,27). The fourth-order valence-corrected chi connectivity index (χ4v) is 3.49. The molecule has 2 heterocycles. The van der Waals surface area contributed by atoms with Gasteiger partial charge in [0.15, 0.2) is 5.82 Å². The smallest absolute Gasteiger partial charge is 0.228 e. The zero-order valence-corrected chi connectivity index (χ0v) is 14.9. The molecule has 1 amide bonds. The Morgan fingerprint density at radius 3 is 2.70 bits per heavy atom. The van der Waals surface area contributed by atoms with Gasteiger partial charge in [-0.15, -0.1) is 0 Å². The van der Waals surface area contributed by atoms with Gasteiger partial charge in [0.05, 0.1) is 5.52 Å². The molecule has 1 fully saturated rings. The molecule has 1 saturated heterocycles. The molecule has 2 aromatic carbocycles. The number of nitrogens with one attached hydrogen (secondary N) is 2. The van der Waals surface area contributed by atoms with Crippen molar-refractivity contribution in [2.45, 2.75) is 12.8 Å². The Labute approximate surface area is 155 Å². The summed E-state index contributed by atoms with van der Waals surface area (Å²) in [7, 11) is 2.05. The number of carbonyl (C=O) groups excluding carboxylic acids is 1. The van der Waals surface area contributed by atoms with E-state index in [9.17, 15) is 13.6 Å². The highest BCUT2D eigenvalue weighted by molar-refractivity contribution is 6.01. The molecule has 5 nitrogen and oxygen atoms in total. The van der Waals surface area contributed by atoms with Gasteiger partial charge in [0.1, 0.15) is 11.6 Å². The molecule has 1 aromatic heterocycles. The van der Waals surface area contributed by atoms with Crippen molar-refractivity contribution in [3.05, 3.63) is 48.0 Å². The summed E-state index contributed by atoms with van der Waals surface area (Å²) in [5.41, 5.74) is 1.63. The number of likely N-dealkylation sites (tertiary alicyclic amines) is 1. The lowest BCUT2D eigenvalue weighted by atomic mass is 9.96. The summed E-state index contributed by atoms with van der Waals surface area (Å²) in [5.74, 6) is -0.902. The summed E-state index contributed by atoms with van der Waals surface area (Å²) in [6.07, 6.45) is 1.63. The van der Waals surface area contributed by atoms with E-state index in [2.05, 4.69) is 20.4 Å². The van der Waals surface area contributed by atoms with Crippen molar-refractivity contribution in [2.24, 2.45) is 5.92 Å². The van der Waals surface area contributed by atoms with Gasteiger partial charge in [-0.2, -0.15) is 5.10 Å². The number of aromatic nitrogens is 2. The zero-order chi connectivity index (χ0) is 19.0. The Hall–Kier alpha value is -2.80. The van der Waals surface area contributed by atoms with Crippen LogP contribution in [-0.4, -0.2) is 41.1 Å². The highest BCUT2D eigenvalue weighted by Gasteiger charge is 2.24. The van der Waals surface area contributed by atoms with Crippen LogP contribution in [0.3, 0.4) is 0 Å². The van der Waals surface area contributed by atoms with E-state index in [1.807, 2.05) is 7.05 Å². The molecule has 0 spiro atoms. The summed E-state index contributed by atoms with van der Waals surface area (Å²) < 4.78 is 27.3. The van der Waals surface area contributed by atoms with Crippen LogP contribution >= 0.6 is 0 Å². The number of H-pyrrole nitrogens is 1. The average molecular weight is 370 g/mol. The third kappa shape index (κ3) is 3.55. The molecule has 2 N–H and O–H groups in total. The monoisotopic (exact) mass is 370 g/mol. The molecular formula is C20H20F2N4O. The molecule has 0 atom stereocenters. The number of benzene rings is 2. The van der Waals surface area contributed by atoms with Crippen LogP contribution in [0.25, 0.3) is 22.0 Å². The number of fused-ring (bicyclic) bond motifs is 1. The first kappa shape index (κ1) is 17.6. The van der Waals surface area contributed by atoms with Gasteiger partial charge in [-0.3, -0.25) is 9.89 Å². The number of hydrogen-bond acceptors (Lipinski definition) is 3. The van der Waals surface area contributed by atoms with Crippen LogP contribution in [0.5, 0.6) is 0 Å². The highest BCUT2D eigenvalue weighted by Crippen LogP contribution is 2.30. The zero-order valence-electron chi connectivity index (χ0n) is 14.9. The molecule has 7 heteroatoms. The van der Waals surface area contributed by atoms with Gasteiger partial charge in [0, 0.05) is 22.9 Å². The van der Waals surface area contributed by atoms with Gasteiger partial charge >= 0.3 is 0 Å². The third-order valence-corrected chi connectivity index (χ3v) is 5.14. The summed E-state index contributed by atoms with van der Waals surface area (Å²) >= 11 is 0. The predicted molar refractivity (Wildman–Crippen MR) is 100 cm³/mol. The van der Waals surface area contributed by atoms with Gasteiger partial charge in [0.2, 0.25) is 5.91 Å². The molecule has 0 aliphatic carbocycles. The van der Waals surface area contributed by atoms with Crippen LogP contribution < -0.4 is 5.32 Å². The van der Waals surface area contributed by atoms with Crippen molar-refractivity contribution in [3.8, 4) is 11.1 Å². The summed E-state index contributed by atoms with van der Waals surface area (Å²) in [6, 6.07) is 8.74. The molecule has 0 bridgehead atoms. The number of rotatable bonds is 3. The largest absolute Gasteiger partial charge is 0.308 e. The van der Waals surface area contributed by atoms with Crippen LogP contribution in [-0.2, 0) is 4.79 Å². The lowest BCUT2D eigenvalue weighted by Gasteiger charge is -2.27. The van der Waals surface area contributed by atoms with Gasteiger partial charge in [-0.1, -0.05) is 6.07 Å². The topological polar surface area (TPSA) is 61.0 Å². The highest BCUT2D eigenvalue weighted by atomic mass is 19.1. The van der Waals surface area contributed by atoms with E-state index in [1.54, 1.807) is 18.2 Å². The van der Waals surface area contributed by atoms with Crippen molar-refractivity contribution in [1.29, 1.82) is 0 Å². The van der Waals surface area contributed by atoms with Gasteiger partial charge in [-0.05, 0) is 62.8 Å². The predicted octanol–water partition coefficient (Wildman–Crippen LogP) is 3.79. The van der Waals surface area contributed by atoms with Crippen molar-refractivity contribution >= 4 is 22.6 Å². The number of nitrogens with zero attached hydrogens (tertiary/aromatic N) is 2. The molecule has 3 aromatic rings. The number of carbonyl (C=O) groups is 1. The fourth-order valence-electron chi connectivity index (χ4n) is 3.49. The third-order valence-electron chi connectivity index (χ3n) is 5.14. The SMILES string of the molecule is CN1CCC(C(=O)Nc2n[nH]c3ccc(-c4ccc(F)cc4F)cc23)CC1. The van der Waals surface area contributed by atoms with E-state index in [0.717, 1.165) is 37.5 Å². The summed E-state index contributed by atoms with van der Waals surface area (Å²) in [6.45, 7) is 1.79. The van der Waals surface area contributed by atoms with Crippen LogP contribution in [0.2, 0.25) is 0 Å². The van der Waals surface area contributed by atoms with E-state index in [-0.39, 0.29) is 11.8 Å². The average Bonchev–Trinajstić information content (AvgIpc) is 3.04. The van der Waals surface area contributed by atoms with Crippen molar-refractivity contribution in [3.63, 3.8) is 0 Å².